The van der Waals surface area contributed by atoms with Gasteiger partial charge in [-0.2, -0.15) is 0 Å². The van der Waals surface area contributed by atoms with Crippen molar-refractivity contribution in [3.05, 3.63) is 57.5 Å². The van der Waals surface area contributed by atoms with Gasteiger partial charge in [-0.15, -0.1) is 0 Å². The molecule has 9 heteroatoms. The summed E-state index contributed by atoms with van der Waals surface area (Å²) < 4.78 is 22.1. The standard InChI is InChI=1S/C25H28ClFN4O3/c1-14(2)31-19-11-15(22-17(27)13-28-23(26)29-22)8-9-16(19)21(32)12-20(31)18-7-6-10-30(18)24(33)34-25(3,4)5/h8-9,11-14,18H,6-7,10H2,1-5H3. The van der Waals surface area contributed by atoms with Crippen LogP contribution in [0.3, 0.4) is 0 Å². The Morgan fingerprint density at radius 1 is 1.26 bits per heavy atom. The quantitative estimate of drug-likeness (QED) is 0.430. The highest BCUT2D eigenvalue weighted by atomic mass is 35.5. The molecule has 1 fully saturated rings. The second-order valence-electron chi connectivity index (χ2n) is 9.80. The Morgan fingerprint density at radius 3 is 2.68 bits per heavy atom. The number of hydrogen-bond acceptors (Lipinski definition) is 5. The van der Waals surface area contributed by atoms with Crippen LogP contribution in [0.4, 0.5) is 9.18 Å². The predicted molar refractivity (Wildman–Crippen MR) is 130 cm³/mol. The van der Waals surface area contributed by atoms with E-state index in [0.29, 0.717) is 29.4 Å². The summed E-state index contributed by atoms with van der Waals surface area (Å²) in [5.41, 5.74) is 1.13. The number of halogens is 2. The summed E-state index contributed by atoms with van der Waals surface area (Å²) in [6, 6.07) is 6.34. The first kappa shape index (κ1) is 24.1. The largest absolute Gasteiger partial charge is 0.444 e. The molecule has 180 valence electrons. The van der Waals surface area contributed by atoms with E-state index in [4.69, 9.17) is 16.3 Å². The smallest absolute Gasteiger partial charge is 0.410 e. The van der Waals surface area contributed by atoms with Crippen molar-refractivity contribution >= 4 is 28.6 Å². The highest BCUT2D eigenvalue weighted by molar-refractivity contribution is 6.28. The third kappa shape index (κ3) is 4.64. The van der Waals surface area contributed by atoms with Gasteiger partial charge in [0, 0.05) is 35.3 Å². The summed E-state index contributed by atoms with van der Waals surface area (Å²) in [5, 5.41) is 0.439. The number of likely N-dealkylation sites (tertiary alicyclic amines) is 1. The zero-order chi connectivity index (χ0) is 24.8. The minimum atomic E-state index is -0.622. The van der Waals surface area contributed by atoms with Crippen LogP contribution in [0.25, 0.3) is 22.2 Å². The fourth-order valence-corrected chi connectivity index (χ4v) is 4.64. The van der Waals surface area contributed by atoms with E-state index in [1.54, 1.807) is 29.2 Å². The number of fused-ring (bicyclic) bond motifs is 1. The molecule has 1 aromatic carbocycles. The van der Waals surface area contributed by atoms with E-state index in [9.17, 15) is 14.0 Å². The number of nitrogens with zero attached hydrogens (tertiary/aromatic N) is 4. The zero-order valence-corrected chi connectivity index (χ0v) is 20.7. The zero-order valence-electron chi connectivity index (χ0n) is 19.9. The van der Waals surface area contributed by atoms with Crippen LogP contribution >= 0.6 is 11.6 Å². The number of aromatic nitrogens is 3. The fraction of sp³-hybridized carbons (Fsp3) is 0.440. The number of pyridine rings is 1. The van der Waals surface area contributed by atoms with Gasteiger partial charge in [0.2, 0.25) is 5.28 Å². The summed E-state index contributed by atoms with van der Waals surface area (Å²) in [4.78, 5) is 35.5. The molecule has 7 nitrogen and oxygen atoms in total. The van der Waals surface area contributed by atoms with Gasteiger partial charge in [0.1, 0.15) is 11.3 Å². The highest BCUT2D eigenvalue weighted by Gasteiger charge is 2.35. The van der Waals surface area contributed by atoms with Crippen LogP contribution in [-0.4, -0.2) is 37.7 Å². The molecule has 1 saturated heterocycles. The summed E-state index contributed by atoms with van der Waals surface area (Å²) in [6.45, 7) is 10.1. The van der Waals surface area contributed by atoms with E-state index in [2.05, 4.69) is 9.97 Å². The topological polar surface area (TPSA) is 77.3 Å². The molecule has 0 saturated carbocycles. The molecule has 34 heavy (non-hydrogen) atoms. The monoisotopic (exact) mass is 486 g/mol. The average Bonchev–Trinajstić information content (AvgIpc) is 3.23. The Labute approximate surface area is 202 Å². The Balaban J connectivity index is 1.89. The molecule has 1 atom stereocenters. The van der Waals surface area contributed by atoms with Gasteiger partial charge in [0.25, 0.3) is 0 Å². The van der Waals surface area contributed by atoms with E-state index in [1.165, 1.54) is 0 Å². The van der Waals surface area contributed by atoms with Crippen molar-refractivity contribution in [1.82, 2.24) is 19.4 Å². The molecule has 3 heterocycles. The normalized spacial score (nSPS) is 16.5. The van der Waals surface area contributed by atoms with E-state index in [0.717, 1.165) is 18.3 Å². The molecule has 4 rings (SSSR count). The van der Waals surface area contributed by atoms with Crippen LogP contribution in [0.15, 0.2) is 35.3 Å². The molecule has 0 spiro atoms. The first-order valence-corrected chi connectivity index (χ1v) is 11.7. The van der Waals surface area contributed by atoms with Gasteiger partial charge in [-0.05, 0) is 71.2 Å². The van der Waals surface area contributed by atoms with Crippen molar-refractivity contribution in [1.29, 1.82) is 0 Å². The Bertz CT molecular complexity index is 1320. The molecule has 3 aromatic rings. The Morgan fingerprint density at radius 2 is 2.00 bits per heavy atom. The summed E-state index contributed by atoms with van der Waals surface area (Å²) in [5.74, 6) is -0.606. The number of carbonyl (C=O) groups excluding carboxylic acids is 1. The molecule has 1 unspecified atom stereocenters. The van der Waals surface area contributed by atoms with Gasteiger partial charge in [0.15, 0.2) is 11.2 Å². The maximum Gasteiger partial charge on any atom is 0.410 e. The molecule has 0 aliphatic carbocycles. The molecular formula is C25H28ClFN4O3. The number of rotatable bonds is 3. The summed E-state index contributed by atoms with van der Waals surface area (Å²) in [7, 11) is 0. The van der Waals surface area contributed by atoms with Gasteiger partial charge in [-0.25, -0.2) is 19.2 Å². The predicted octanol–water partition coefficient (Wildman–Crippen LogP) is 5.90. The van der Waals surface area contributed by atoms with Crippen LogP contribution < -0.4 is 5.43 Å². The van der Waals surface area contributed by atoms with Crippen molar-refractivity contribution in [3.8, 4) is 11.3 Å². The second-order valence-corrected chi connectivity index (χ2v) is 10.1. The van der Waals surface area contributed by atoms with E-state index in [-0.39, 0.29) is 28.5 Å². The number of carbonyl (C=O) groups is 1. The summed E-state index contributed by atoms with van der Waals surface area (Å²) >= 11 is 5.90. The lowest BCUT2D eigenvalue weighted by Gasteiger charge is -2.31. The molecular weight excluding hydrogens is 459 g/mol. The van der Waals surface area contributed by atoms with Crippen molar-refractivity contribution in [2.24, 2.45) is 0 Å². The van der Waals surface area contributed by atoms with Gasteiger partial charge < -0.3 is 9.30 Å². The molecule has 2 aromatic heterocycles. The molecule has 1 aliphatic heterocycles. The number of benzene rings is 1. The minimum absolute atomic E-state index is 0.0340. The molecule has 0 radical (unpaired) electrons. The number of amides is 1. The number of ether oxygens (including phenoxy) is 1. The van der Waals surface area contributed by atoms with Crippen LogP contribution in [-0.2, 0) is 4.74 Å². The van der Waals surface area contributed by atoms with E-state index in [1.807, 2.05) is 39.2 Å². The third-order valence-electron chi connectivity index (χ3n) is 5.81. The Hall–Kier alpha value is -3.00. The molecule has 1 aliphatic rings. The van der Waals surface area contributed by atoms with Gasteiger partial charge >= 0.3 is 6.09 Å². The van der Waals surface area contributed by atoms with Gasteiger partial charge in [-0.1, -0.05) is 6.07 Å². The Kier molecular flexibility index (Phi) is 6.38. The van der Waals surface area contributed by atoms with Gasteiger partial charge in [0.05, 0.1) is 17.8 Å². The SMILES string of the molecule is CC(C)n1c(C2CCCN2C(=O)OC(C)(C)C)cc(=O)c2ccc(-c3nc(Cl)ncc3F)cc21. The van der Waals surface area contributed by atoms with Crippen molar-refractivity contribution < 1.29 is 13.9 Å². The van der Waals surface area contributed by atoms with Crippen LogP contribution in [0.5, 0.6) is 0 Å². The average molecular weight is 487 g/mol. The van der Waals surface area contributed by atoms with Crippen LogP contribution in [0.1, 0.15) is 65.2 Å². The lowest BCUT2D eigenvalue weighted by Crippen LogP contribution is -2.37. The fourth-order valence-electron chi connectivity index (χ4n) is 4.50. The first-order valence-electron chi connectivity index (χ1n) is 11.3. The lowest BCUT2D eigenvalue weighted by atomic mass is 10.0. The maximum absolute atomic E-state index is 14.5. The molecule has 0 bridgehead atoms. The first-order chi connectivity index (χ1) is 16.0. The van der Waals surface area contributed by atoms with Crippen molar-refractivity contribution in [3.63, 3.8) is 0 Å². The van der Waals surface area contributed by atoms with Gasteiger partial charge in [-0.3, -0.25) is 9.69 Å². The van der Waals surface area contributed by atoms with Crippen molar-refractivity contribution in [2.75, 3.05) is 6.54 Å². The van der Waals surface area contributed by atoms with Crippen molar-refractivity contribution in [2.45, 2.75) is 65.1 Å². The third-order valence-corrected chi connectivity index (χ3v) is 5.99. The number of hydrogen-bond donors (Lipinski definition) is 0. The highest BCUT2D eigenvalue weighted by Crippen LogP contribution is 2.36. The van der Waals surface area contributed by atoms with Crippen LogP contribution in [0, 0.1) is 5.82 Å². The summed E-state index contributed by atoms with van der Waals surface area (Å²) in [6.07, 6.45) is 2.15. The minimum Gasteiger partial charge on any atom is -0.444 e. The second kappa shape index (κ2) is 8.98. The molecule has 0 N–H and O–H groups in total. The van der Waals surface area contributed by atoms with Crippen LogP contribution in [0.2, 0.25) is 5.28 Å². The lowest BCUT2D eigenvalue weighted by molar-refractivity contribution is 0.0218. The maximum atomic E-state index is 14.5. The molecule has 1 amide bonds. The van der Waals surface area contributed by atoms with E-state index < -0.39 is 17.5 Å². The van der Waals surface area contributed by atoms with E-state index >= 15 is 0 Å².